The van der Waals surface area contributed by atoms with Crippen LogP contribution in [-0.4, -0.2) is 10.1 Å². The lowest BCUT2D eigenvalue weighted by atomic mass is 10.0. The average molecular weight is 415 g/mol. The van der Waals surface area contributed by atoms with E-state index in [4.69, 9.17) is 37.0 Å². The summed E-state index contributed by atoms with van der Waals surface area (Å²) in [7, 11) is 0. The highest BCUT2D eigenvalue weighted by molar-refractivity contribution is 6.30. The molecular formula is C21H16Cl2N2O3. The summed E-state index contributed by atoms with van der Waals surface area (Å²) in [6.45, 7) is 2.10. The van der Waals surface area contributed by atoms with Gasteiger partial charge in [-0.1, -0.05) is 30.1 Å². The van der Waals surface area contributed by atoms with Gasteiger partial charge in [-0.2, -0.15) is 0 Å². The van der Waals surface area contributed by atoms with Crippen LogP contribution in [0.3, 0.4) is 0 Å². The maximum absolute atomic E-state index is 6.14. The van der Waals surface area contributed by atoms with Gasteiger partial charge in [0, 0.05) is 11.2 Å². The summed E-state index contributed by atoms with van der Waals surface area (Å²) in [6.07, 6.45) is 3.43. The monoisotopic (exact) mass is 414 g/mol. The van der Waals surface area contributed by atoms with E-state index in [1.807, 2.05) is 18.2 Å². The molecule has 2 heterocycles. The van der Waals surface area contributed by atoms with E-state index in [-0.39, 0.29) is 0 Å². The normalized spacial score (nSPS) is 11.0. The topological polar surface area (TPSA) is 57.4 Å². The van der Waals surface area contributed by atoms with Crippen LogP contribution in [0.2, 0.25) is 5.02 Å². The molecule has 7 heteroatoms. The Balaban J connectivity index is 1.88. The number of nitrogens with zero attached hydrogens (tertiary/aromatic N) is 2. The van der Waals surface area contributed by atoms with Crippen LogP contribution >= 0.6 is 23.5 Å². The minimum absolute atomic E-state index is 0.500. The van der Waals surface area contributed by atoms with Crippen molar-refractivity contribution in [3.8, 4) is 28.5 Å². The van der Waals surface area contributed by atoms with E-state index >= 15 is 0 Å². The number of aryl methyl sites for hydroxylation is 1. The van der Waals surface area contributed by atoms with Gasteiger partial charge in [0.1, 0.15) is 34.8 Å². The Kier molecular flexibility index (Phi) is 5.37. The highest BCUT2D eigenvalue weighted by atomic mass is 35.5. The molecule has 0 saturated heterocycles. The third-order valence-corrected chi connectivity index (χ3v) is 4.72. The van der Waals surface area contributed by atoms with Crippen molar-refractivity contribution < 1.29 is 13.5 Å². The summed E-state index contributed by atoms with van der Waals surface area (Å²) in [6, 6.07) is 14.2. The molecular weight excluding hydrogens is 399 g/mol. The first kappa shape index (κ1) is 18.6. The summed E-state index contributed by atoms with van der Waals surface area (Å²) < 4.78 is 16.5. The van der Waals surface area contributed by atoms with Gasteiger partial charge in [-0.25, -0.2) is 0 Å². The van der Waals surface area contributed by atoms with Crippen molar-refractivity contribution in [1.29, 1.82) is 0 Å². The molecule has 0 unspecified atom stereocenters. The fourth-order valence-electron chi connectivity index (χ4n) is 3.03. The Morgan fingerprint density at radius 2 is 1.82 bits per heavy atom. The Bertz CT molecular complexity index is 1110. The molecule has 0 N–H and O–H groups in total. The van der Waals surface area contributed by atoms with Gasteiger partial charge < -0.3 is 13.5 Å². The Morgan fingerprint density at radius 1 is 1.04 bits per heavy atom. The molecule has 0 aliphatic heterocycles. The van der Waals surface area contributed by atoms with Crippen molar-refractivity contribution in [1.82, 2.24) is 10.1 Å². The quantitative estimate of drug-likeness (QED) is 0.346. The fourth-order valence-corrected chi connectivity index (χ4v) is 3.25. The van der Waals surface area contributed by atoms with E-state index in [1.54, 1.807) is 36.5 Å². The Morgan fingerprint density at radius 3 is 2.57 bits per heavy atom. The van der Waals surface area contributed by atoms with E-state index in [0.717, 1.165) is 29.5 Å². The summed E-state index contributed by atoms with van der Waals surface area (Å²) in [5.41, 5.74) is 2.91. The lowest BCUT2D eigenvalue weighted by Crippen LogP contribution is -1.98. The van der Waals surface area contributed by atoms with Crippen LogP contribution in [0, 0.1) is 0 Å². The number of hydrogen-bond donors (Lipinski definition) is 0. The van der Waals surface area contributed by atoms with Crippen LogP contribution in [0.4, 0.5) is 0 Å². The number of rotatable bonds is 6. The zero-order valence-corrected chi connectivity index (χ0v) is 16.5. The molecule has 28 heavy (non-hydrogen) atoms. The molecule has 0 saturated carbocycles. The van der Waals surface area contributed by atoms with Gasteiger partial charge in [0.25, 0.3) is 0 Å². The summed E-state index contributed by atoms with van der Waals surface area (Å²) >= 11 is 11.5. The second-order valence-electron chi connectivity index (χ2n) is 6.20. The number of pyridine rings is 1. The van der Waals surface area contributed by atoms with E-state index in [1.165, 1.54) is 0 Å². The molecule has 4 aromatic rings. The van der Waals surface area contributed by atoms with E-state index < -0.39 is 0 Å². The van der Waals surface area contributed by atoms with Gasteiger partial charge in [0.2, 0.25) is 0 Å². The second-order valence-corrected chi connectivity index (χ2v) is 6.79. The first-order valence-corrected chi connectivity index (χ1v) is 9.48. The zero-order chi connectivity index (χ0) is 19.5. The molecule has 142 valence electrons. The molecule has 0 bridgehead atoms. The fraction of sp³-hybridized carbons (Fsp3) is 0.143. The number of fused-ring (bicyclic) bond motifs is 1. The Hall–Kier alpha value is -2.76. The Labute approximate surface area is 172 Å². The highest BCUT2D eigenvalue weighted by Gasteiger charge is 2.20. The molecule has 2 aromatic carbocycles. The number of ether oxygens (including phenoxy) is 1. The molecule has 0 aliphatic carbocycles. The lowest BCUT2D eigenvalue weighted by Gasteiger charge is -2.13. The smallest absolute Gasteiger partial charge is 0.167 e. The molecule has 2 aromatic heterocycles. The average Bonchev–Trinajstić information content (AvgIpc) is 3.13. The molecule has 0 radical (unpaired) electrons. The molecule has 0 amide bonds. The van der Waals surface area contributed by atoms with E-state index in [2.05, 4.69) is 17.1 Å². The summed E-state index contributed by atoms with van der Waals surface area (Å²) in [4.78, 5) is 4.55. The van der Waals surface area contributed by atoms with Crippen LogP contribution in [0.1, 0.15) is 19.0 Å². The predicted molar refractivity (Wildman–Crippen MR) is 109 cm³/mol. The number of halogens is 2. The van der Waals surface area contributed by atoms with Crippen molar-refractivity contribution in [2.75, 3.05) is 0 Å². The highest BCUT2D eigenvalue weighted by Crippen LogP contribution is 2.40. The largest absolute Gasteiger partial charge is 0.457 e. The standard InChI is InChI=1S/C21H16Cl2N2O3/c1-2-3-17-20(21-16-12-15(27-23)8-9-18(16)28-25-21)19(10-11-24-17)26-14-6-4-13(22)5-7-14/h4-12H,2-3H2,1H3. The predicted octanol–water partition coefficient (Wildman–Crippen LogP) is 6.82. The van der Waals surface area contributed by atoms with Gasteiger partial charge in [-0.15, -0.1) is 0 Å². The molecule has 0 fully saturated rings. The third kappa shape index (κ3) is 3.63. The SMILES string of the molecule is CCCc1nccc(Oc2ccc(Cl)cc2)c1-c1noc2ccc(OCl)cc12. The maximum Gasteiger partial charge on any atom is 0.167 e. The second kappa shape index (κ2) is 8.09. The van der Waals surface area contributed by atoms with Crippen LogP contribution in [0.15, 0.2) is 59.3 Å². The van der Waals surface area contributed by atoms with Crippen molar-refractivity contribution >= 4 is 34.4 Å². The zero-order valence-electron chi connectivity index (χ0n) is 15.0. The van der Waals surface area contributed by atoms with Gasteiger partial charge in [0.05, 0.1) is 16.6 Å². The maximum atomic E-state index is 6.14. The van der Waals surface area contributed by atoms with Crippen molar-refractivity contribution in [2.24, 2.45) is 0 Å². The van der Waals surface area contributed by atoms with Gasteiger partial charge in [-0.3, -0.25) is 4.98 Å². The summed E-state index contributed by atoms with van der Waals surface area (Å²) in [5.74, 6) is 1.80. The first-order chi connectivity index (χ1) is 13.7. The molecule has 0 aliphatic rings. The number of hydrogen-bond acceptors (Lipinski definition) is 5. The van der Waals surface area contributed by atoms with Gasteiger partial charge in [-0.05, 0) is 55.0 Å². The number of aromatic nitrogens is 2. The molecule has 5 nitrogen and oxygen atoms in total. The molecule has 4 rings (SSSR count). The first-order valence-electron chi connectivity index (χ1n) is 8.79. The van der Waals surface area contributed by atoms with Crippen molar-refractivity contribution in [3.05, 3.63) is 65.4 Å². The van der Waals surface area contributed by atoms with Gasteiger partial charge >= 0.3 is 0 Å². The molecule has 0 atom stereocenters. The van der Waals surface area contributed by atoms with Crippen LogP contribution in [-0.2, 0) is 6.42 Å². The van der Waals surface area contributed by atoms with Crippen LogP contribution in [0.5, 0.6) is 17.2 Å². The number of benzene rings is 2. The van der Waals surface area contributed by atoms with Gasteiger partial charge in [0.15, 0.2) is 5.58 Å². The third-order valence-electron chi connectivity index (χ3n) is 4.29. The minimum Gasteiger partial charge on any atom is -0.457 e. The molecule has 0 spiro atoms. The van der Waals surface area contributed by atoms with Crippen LogP contribution < -0.4 is 9.03 Å². The van der Waals surface area contributed by atoms with E-state index in [9.17, 15) is 0 Å². The van der Waals surface area contributed by atoms with Crippen LogP contribution in [0.25, 0.3) is 22.2 Å². The minimum atomic E-state index is 0.500. The van der Waals surface area contributed by atoms with Crippen molar-refractivity contribution in [2.45, 2.75) is 19.8 Å². The van der Waals surface area contributed by atoms with Crippen molar-refractivity contribution in [3.63, 3.8) is 0 Å². The van der Waals surface area contributed by atoms with E-state index in [0.29, 0.717) is 33.5 Å². The summed E-state index contributed by atoms with van der Waals surface area (Å²) in [5, 5.41) is 5.70. The lowest BCUT2D eigenvalue weighted by molar-refractivity contribution is 0.456.